The van der Waals surface area contributed by atoms with Crippen molar-refractivity contribution in [3.05, 3.63) is 42.2 Å². The van der Waals surface area contributed by atoms with Gasteiger partial charge in [0.1, 0.15) is 0 Å². The summed E-state index contributed by atoms with van der Waals surface area (Å²) in [5, 5.41) is 8.25. The van der Waals surface area contributed by atoms with E-state index in [0.29, 0.717) is 0 Å². The Labute approximate surface area is 76.3 Å². The number of carboxylic acid groups (broad SMARTS) is 1. The van der Waals surface area contributed by atoms with Gasteiger partial charge in [0.2, 0.25) is 0 Å². The molecule has 0 saturated carbocycles. The van der Waals surface area contributed by atoms with E-state index in [9.17, 15) is 4.79 Å². The van der Waals surface area contributed by atoms with Crippen LogP contribution in [0.25, 0.3) is 6.08 Å². The Hall–Kier alpha value is -1.77. The molecule has 3 nitrogen and oxygen atoms in total. The molecule has 0 aliphatic rings. The third-order valence-corrected chi connectivity index (χ3v) is 1.36. The van der Waals surface area contributed by atoms with E-state index in [4.69, 9.17) is 9.84 Å². The van der Waals surface area contributed by atoms with Gasteiger partial charge in [0.15, 0.2) is 6.61 Å². The molecule has 0 unspecified atom stereocenters. The fourth-order valence-electron chi connectivity index (χ4n) is 0.810. The highest BCUT2D eigenvalue weighted by Gasteiger charge is 1.91. The molecule has 1 rings (SSSR count). The van der Waals surface area contributed by atoms with Crippen LogP contribution in [0.3, 0.4) is 0 Å². The minimum atomic E-state index is -0.974. The first-order valence-electron chi connectivity index (χ1n) is 3.84. The Morgan fingerprint density at radius 2 is 2.08 bits per heavy atom. The van der Waals surface area contributed by atoms with Gasteiger partial charge in [-0.05, 0) is 11.6 Å². The summed E-state index contributed by atoms with van der Waals surface area (Å²) in [4.78, 5) is 10.1. The van der Waals surface area contributed by atoms with Crippen molar-refractivity contribution in [1.29, 1.82) is 0 Å². The molecule has 0 bridgehead atoms. The van der Waals surface area contributed by atoms with Gasteiger partial charge in [-0.15, -0.1) is 0 Å². The van der Waals surface area contributed by atoms with Gasteiger partial charge in [-0.25, -0.2) is 4.79 Å². The zero-order chi connectivity index (χ0) is 9.52. The molecule has 0 saturated heterocycles. The Balaban J connectivity index is 2.37. The van der Waals surface area contributed by atoms with Crippen molar-refractivity contribution in [2.75, 3.05) is 6.61 Å². The van der Waals surface area contributed by atoms with Crippen LogP contribution in [-0.4, -0.2) is 17.7 Å². The van der Waals surface area contributed by atoms with Gasteiger partial charge in [0.05, 0.1) is 6.26 Å². The molecule has 0 heterocycles. The summed E-state index contributed by atoms with van der Waals surface area (Å²) in [5.41, 5.74) is 0.980. The van der Waals surface area contributed by atoms with Gasteiger partial charge in [-0.1, -0.05) is 30.3 Å². The summed E-state index contributed by atoms with van der Waals surface area (Å²) in [5.74, 6) is -0.974. The first kappa shape index (κ1) is 9.32. The monoisotopic (exact) mass is 178 g/mol. The molecule has 0 aliphatic carbocycles. The molecule has 0 aliphatic heterocycles. The molecule has 1 aromatic carbocycles. The molecule has 0 spiro atoms. The molecule has 1 aromatic rings. The fraction of sp³-hybridized carbons (Fsp3) is 0.100. The molecule has 0 fully saturated rings. The highest BCUT2D eigenvalue weighted by Crippen LogP contribution is 2.00. The molecular formula is C10H10O3. The molecule has 0 radical (unpaired) electrons. The average Bonchev–Trinajstić information content (AvgIpc) is 2.14. The van der Waals surface area contributed by atoms with Gasteiger partial charge in [0.25, 0.3) is 0 Å². The first-order chi connectivity index (χ1) is 6.29. The smallest absolute Gasteiger partial charge is 0.341 e. The minimum absolute atomic E-state index is 0.302. The third-order valence-electron chi connectivity index (χ3n) is 1.36. The predicted octanol–water partition coefficient (Wildman–Crippen LogP) is 1.76. The average molecular weight is 178 g/mol. The van der Waals surface area contributed by atoms with Crippen LogP contribution >= 0.6 is 0 Å². The van der Waals surface area contributed by atoms with E-state index in [2.05, 4.69) is 0 Å². The van der Waals surface area contributed by atoms with E-state index in [-0.39, 0.29) is 6.61 Å². The Bertz CT molecular complexity index is 290. The summed E-state index contributed by atoms with van der Waals surface area (Å²) in [6.07, 6.45) is 3.09. The molecule has 3 heteroatoms. The summed E-state index contributed by atoms with van der Waals surface area (Å²) < 4.78 is 4.72. The van der Waals surface area contributed by atoms with Crippen LogP contribution in [0.2, 0.25) is 0 Å². The number of aliphatic carboxylic acids is 1. The van der Waals surface area contributed by atoms with Crippen molar-refractivity contribution < 1.29 is 14.6 Å². The van der Waals surface area contributed by atoms with E-state index in [1.54, 1.807) is 6.08 Å². The van der Waals surface area contributed by atoms with Crippen molar-refractivity contribution in [2.24, 2.45) is 0 Å². The number of carboxylic acids is 1. The molecule has 1 N–H and O–H groups in total. The number of ether oxygens (including phenoxy) is 1. The van der Waals surface area contributed by atoms with Crippen LogP contribution in [0.4, 0.5) is 0 Å². The van der Waals surface area contributed by atoms with Gasteiger partial charge in [-0.2, -0.15) is 0 Å². The quantitative estimate of drug-likeness (QED) is 0.714. The largest absolute Gasteiger partial charge is 0.489 e. The second-order valence-corrected chi connectivity index (χ2v) is 2.42. The van der Waals surface area contributed by atoms with Gasteiger partial charge < -0.3 is 9.84 Å². The van der Waals surface area contributed by atoms with E-state index >= 15 is 0 Å². The Morgan fingerprint density at radius 3 is 2.69 bits per heavy atom. The lowest BCUT2D eigenvalue weighted by Crippen LogP contribution is -2.02. The lowest BCUT2D eigenvalue weighted by Gasteiger charge is -1.94. The predicted molar refractivity (Wildman–Crippen MR) is 49.1 cm³/mol. The van der Waals surface area contributed by atoms with E-state index in [1.807, 2.05) is 30.3 Å². The standard InChI is InChI=1S/C10H10O3/c11-10(12)8-13-7-6-9-4-2-1-3-5-9/h1-7H,8H2,(H,11,12). The number of hydrogen-bond acceptors (Lipinski definition) is 2. The number of benzene rings is 1. The van der Waals surface area contributed by atoms with Gasteiger partial charge in [0, 0.05) is 0 Å². The maximum atomic E-state index is 10.1. The van der Waals surface area contributed by atoms with Crippen LogP contribution in [-0.2, 0) is 9.53 Å². The van der Waals surface area contributed by atoms with Crippen LogP contribution < -0.4 is 0 Å². The second-order valence-electron chi connectivity index (χ2n) is 2.42. The van der Waals surface area contributed by atoms with Crippen molar-refractivity contribution in [2.45, 2.75) is 0 Å². The van der Waals surface area contributed by atoms with Crippen molar-refractivity contribution >= 4 is 12.0 Å². The third kappa shape index (κ3) is 3.96. The second kappa shape index (κ2) is 4.98. The van der Waals surface area contributed by atoms with Crippen LogP contribution in [0, 0.1) is 0 Å². The van der Waals surface area contributed by atoms with Crippen LogP contribution in [0.1, 0.15) is 5.56 Å². The lowest BCUT2D eigenvalue weighted by molar-refractivity contribution is -0.140. The Kier molecular flexibility index (Phi) is 3.57. The maximum Gasteiger partial charge on any atom is 0.341 e. The van der Waals surface area contributed by atoms with E-state index in [0.717, 1.165) is 5.56 Å². The molecule has 68 valence electrons. The van der Waals surface area contributed by atoms with E-state index < -0.39 is 5.97 Å². The molecule has 0 aromatic heterocycles. The highest BCUT2D eigenvalue weighted by molar-refractivity contribution is 5.68. The molecule has 0 atom stereocenters. The Morgan fingerprint density at radius 1 is 1.38 bits per heavy atom. The summed E-state index contributed by atoms with van der Waals surface area (Å²) >= 11 is 0. The van der Waals surface area contributed by atoms with E-state index in [1.165, 1.54) is 6.26 Å². The maximum absolute atomic E-state index is 10.1. The zero-order valence-electron chi connectivity index (χ0n) is 7.01. The van der Waals surface area contributed by atoms with Crippen LogP contribution in [0.15, 0.2) is 36.6 Å². The SMILES string of the molecule is O=C(O)COC=Cc1ccccc1. The summed E-state index contributed by atoms with van der Waals surface area (Å²) in [6, 6.07) is 9.52. The molecule has 13 heavy (non-hydrogen) atoms. The summed E-state index contributed by atoms with van der Waals surface area (Å²) in [6.45, 7) is -0.302. The van der Waals surface area contributed by atoms with Gasteiger partial charge in [-0.3, -0.25) is 0 Å². The number of carbonyl (C=O) groups is 1. The zero-order valence-corrected chi connectivity index (χ0v) is 7.01. The lowest BCUT2D eigenvalue weighted by atomic mass is 10.2. The van der Waals surface area contributed by atoms with Crippen molar-refractivity contribution in [3.63, 3.8) is 0 Å². The fourth-order valence-corrected chi connectivity index (χ4v) is 0.810. The van der Waals surface area contributed by atoms with Crippen LogP contribution in [0.5, 0.6) is 0 Å². The molecular weight excluding hydrogens is 168 g/mol. The van der Waals surface area contributed by atoms with Crippen molar-refractivity contribution in [3.8, 4) is 0 Å². The minimum Gasteiger partial charge on any atom is -0.489 e. The highest BCUT2D eigenvalue weighted by atomic mass is 16.5. The normalized spacial score (nSPS) is 10.2. The number of hydrogen-bond donors (Lipinski definition) is 1. The van der Waals surface area contributed by atoms with Gasteiger partial charge >= 0.3 is 5.97 Å². The first-order valence-corrected chi connectivity index (χ1v) is 3.84. The van der Waals surface area contributed by atoms with Crippen molar-refractivity contribution in [1.82, 2.24) is 0 Å². The topological polar surface area (TPSA) is 46.5 Å². The summed E-state index contributed by atoms with van der Waals surface area (Å²) in [7, 11) is 0. The number of rotatable bonds is 4. The molecule has 0 amide bonds.